The van der Waals surface area contributed by atoms with Crippen LogP contribution in [0.15, 0.2) is 0 Å². The van der Waals surface area contributed by atoms with E-state index < -0.39 is 37.0 Å². The van der Waals surface area contributed by atoms with Crippen LogP contribution in [0, 0.1) is 0 Å². The number of aliphatic hydroxyl groups excluding tert-OH is 3. The fourth-order valence-corrected chi connectivity index (χ4v) is 1.37. The van der Waals surface area contributed by atoms with E-state index in [0.29, 0.717) is 0 Å². The number of ether oxygens (including phenoxy) is 2. The molecular weight excluding hydrogens is 192 g/mol. The molecule has 0 aromatic rings. The molecule has 1 fully saturated rings. The van der Waals surface area contributed by atoms with Gasteiger partial charge in [-0.1, -0.05) is 0 Å². The van der Waals surface area contributed by atoms with Crippen LogP contribution in [0.3, 0.4) is 0 Å². The van der Waals surface area contributed by atoms with Crippen LogP contribution in [0.2, 0.25) is 0 Å². The maximum absolute atomic E-state index is 10.6. The second-order valence-electron chi connectivity index (χ2n) is 3.19. The Balaban J connectivity index is 2.56. The van der Waals surface area contributed by atoms with E-state index in [4.69, 9.17) is 19.7 Å². The van der Waals surface area contributed by atoms with E-state index in [1.807, 2.05) is 0 Å². The zero-order valence-corrected chi connectivity index (χ0v) is 7.79. The van der Waals surface area contributed by atoms with Gasteiger partial charge in [-0.05, 0) is 0 Å². The molecule has 0 radical (unpaired) electrons. The predicted octanol–water partition coefficient (Wildman–Crippen LogP) is -1.97. The van der Waals surface area contributed by atoms with Crippen molar-refractivity contribution < 1.29 is 29.6 Å². The lowest BCUT2D eigenvalue weighted by Crippen LogP contribution is -2.42. The van der Waals surface area contributed by atoms with Crippen LogP contribution in [0.25, 0.3) is 0 Å². The van der Waals surface area contributed by atoms with E-state index in [-0.39, 0.29) is 6.61 Å². The molecule has 1 rings (SSSR count). The van der Waals surface area contributed by atoms with Gasteiger partial charge in [-0.15, -0.1) is 0 Å². The SMILES string of the molecule is CC(=O)O[C@H](CO)[C@H]1OC[C@H](O)[C@H]1O. The highest BCUT2D eigenvalue weighted by molar-refractivity contribution is 5.66. The van der Waals surface area contributed by atoms with Crippen molar-refractivity contribution in [2.24, 2.45) is 0 Å². The largest absolute Gasteiger partial charge is 0.457 e. The van der Waals surface area contributed by atoms with Gasteiger partial charge in [0, 0.05) is 6.92 Å². The smallest absolute Gasteiger partial charge is 0.303 e. The molecule has 0 amide bonds. The van der Waals surface area contributed by atoms with Crippen molar-refractivity contribution in [2.75, 3.05) is 13.2 Å². The second kappa shape index (κ2) is 4.70. The number of hydrogen-bond donors (Lipinski definition) is 3. The molecule has 1 saturated heterocycles. The monoisotopic (exact) mass is 206 g/mol. The first kappa shape index (κ1) is 11.4. The van der Waals surface area contributed by atoms with Crippen molar-refractivity contribution >= 4 is 5.97 Å². The third kappa shape index (κ3) is 2.42. The first-order valence-electron chi connectivity index (χ1n) is 4.32. The molecule has 0 saturated carbocycles. The van der Waals surface area contributed by atoms with E-state index in [9.17, 15) is 9.90 Å². The topological polar surface area (TPSA) is 96.2 Å². The van der Waals surface area contributed by atoms with Gasteiger partial charge in [0.15, 0.2) is 6.10 Å². The zero-order chi connectivity index (χ0) is 10.7. The predicted molar refractivity (Wildman–Crippen MR) is 44.4 cm³/mol. The van der Waals surface area contributed by atoms with Gasteiger partial charge in [0.1, 0.15) is 18.3 Å². The molecule has 0 aromatic carbocycles. The quantitative estimate of drug-likeness (QED) is 0.464. The van der Waals surface area contributed by atoms with E-state index in [0.717, 1.165) is 0 Å². The van der Waals surface area contributed by atoms with Crippen molar-refractivity contribution in [1.29, 1.82) is 0 Å². The lowest BCUT2D eigenvalue weighted by molar-refractivity contribution is -0.160. The number of hydrogen-bond acceptors (Lipinski definition) is 6. The first-order chi connectivity index (χ1) is 6.56. The number of aliphatic hydroxyl groups is 3. The summed E-state index contributed by atoms with van der Waals surface area (Å²) in [6.07, 6.45) is -3.92. The second-order valence-corrected chi connectivity index (χ2v) is 3.19. The molecule has 14 heavy (non-hydrogen) atoms. The Morgan fingerprint density at radius 3 is 2.64 bits per heavy atom. The molecule has 3 N–H and O–H groups in total. The fraction of sp³-hybridized carbons (Fsp3) is 0.875. The molecule has 0 spiro atoms. The van der Waals surface area contributed by atoms with Crippen LogP contribution in [0.4, 0.5) is 0 Å². The van der Waals surface area contributed by atoms with Crippen molar-refractivity contribution in [3.8, 4) is 0 Å². The lowest BCUT2D eigenvalue weighted by Gasteiger charge is -2.23. The number of rotatable bonds is 3. The van der Waals surface area contributed by atoms with Crippen molar-refractivity contribution in [1.82, 2.24) is 0 Å². The van der Waals surface area contributed by atoms with Gasteiger partial charge in [0.2, 0.25) is 0 Å². The summed E-state index contributed by atoms with van der Waals surface area (Å²) in [5.41, 5.74) is 0. The summed E-state index contributed by atoms with van der Waals surface area (Å²) in [7, 11) is 0. The summed E-state index contributed by atoms with van der Waals surface area (Å²) in [5, 5.41) is 27.4. The molecule has 4 atom stereocenters. The van der Waals surface area contributed by atoms with Crippen LogP contribution in [-0.4, -0.2) is 58.9 Å². The van der Waals surface area contributed by atoms with Crippen LogP contribution < -0.4 is 0 Å². The Kier molecular flexibility index (Phi) is 3.82. The lowest BCUT2D eigenvalue weighted by atomic mass is 10.1. The number of carbonyl (C=O) groups excluding carboxylic acids is 1. The summed E-state index contributed by atoms with van der Waals surface area (Å²) >= 11 is 0. The fourth-order valence-electron chi connectivity index (χ4n) is 1.37. The Labute approximate surface area is 81.1 Å². The summed E-state index contributed by atoms with van der Waals surface area (Å²) < 4.78 is 9.71. The Bertz CT molecular complexity index is 206. The molecule has 0 aliphatic carbocycles. The van der Waals surface area contributed by atoms with Crippen LogP contribution in [0.5, 0.6) is 0 Å². The Morgan fingerprint density at radius 2 is 2.29 bits per heavy atom. The van der Waals surface area contributed by atoms with Crippen LogP contribution in [0.1, 0.15) is 6.92 Å². The van der Waals surface area contributed by atoms with Crippen LogP contribution in [-0.2, 0) is 14.3 Å². The van der Waals surface area contributed by atoms with Gasteiger partial charge in [0.05, 0.1) is 13.2 Å². The molecule has 0 aromatic heterocycles. The van der Waals surface area contributed by atoms with Gasteiger partial charge >= 0.3 is 5.97 Å². The molecule has 1 aliphatic heterocycles. The average Bonchev–Trinajstić information content (AvgIpc) is 2.44. The van der Waals surface area contributed by atoms with Crippen molar-refractivity contribution in [3.05, 3.63) is 0 Å². The maximum Gasteiger partial charge on any atom is 0.303 e. The summed E-state index contributed by atoms with van der Waals surface area (Å²) in [5.74, 6) is -0.568. The van der Waals surface area contributed by atoms with E-state index >= 15 is 0 Å². The third-order valence-electron chi connectivity index (χ3n) is 2.05. The average molecular weight is 206 g/mol. The Hall–Kier alpha value is -0.690. The summed E-state index contributed by atoms with van der Waals surface area (Å²) in [4.78, 5) is 10.6. The van der Waals surface area contributed by atoms with Gasteiger partial charge in [-0.2, -0.15) is 0 Å². The van der Waals surface area contributed by atoms with Crippen molar-refractivity contribution in [2.45, 2.75) is 31.3 Å². The highest BCUT2D eigenvalue weighted by atomic mass is 16.6. The Morgan fingerprint density at radius 1 is 1.64 bits per heavy atom. The minimum Gasteiger partial charge on any atom is -0.457 e. The van der Waals surface area contributed by atoms with Gasteiger partial charge in [-0.25, -0.2) is 0 Å². The molecule has 1 aliphatic rings. The minimum absolute atomic E-state index is 0.0242. The van der Waals surface area contributed by atoms with Gasteiger partial charge in [-0.3, -0.25) is 4.79 Å². The molecule has 6 heteroatoms. The molecule has 1 heterocycles. The van der Waals surface area contributed by atoms with Crippen molar-refractivity contribution in [3.63, 3.8) is 0 Å². The van der Waals surface area contributed by atoms with Gasteiger partial charge < -0.3 is 24.8 Å². The van der Waals surface area contributed by atoms with E-state index in [1.54, 1.807) is 0 Å². The summed E-state index contributed by atoms with van der Waals surface area (Å²) in [6.45, 7) is 0.720. The third-order valence-corrected chi connectivity index (χ3v) is 2.05. The highest BCUT2D eigenvalue weighted by Gasteiger charge is 2.41. The van der Waals surface area contributed by atoms with Gasteiger partial charge in [0.25, 0.3) is 0 Å². The number of carbonyl (C=O) groups is 1. The molecule has 0 unspecified atom stereocenters. The zero-order valence-electron chi connectivity index (χ0n) is 7.79. The standard InChI is InChI=1S/C8H14O6/c1-4(10)14-6(2-9)8-7(12)5(11)3-13-8/h5-9,11-12H,2-3H2,1H3/t5-,6+,7+,8+/m0/s1. The first-order valence-corrected chi connectivity index (χ1v) is 4.32. The number of esters is 1. The summed E-state index contributed by atoms with van der Waals surface area (Å²) in [6, 6.07) is 0. The molecule has 0 bridgehead atoms. The van der Waals surface area contributed by atoms with E-state index in [1.165, 1.54) is 6.92 Å². The minimum atomic E-state index is -1.13. The molecule has 82 valence electrons. The molecular formula is C8H14O6. The normalized spacial score (nSPS) is 34.1. The van der Waals surface area contributed by atoms with E-state index in [2.05, 4.69) is 0 Å². The highest BCUT2D eigenvalue weighted by Crippen LogP contribution is 2.19. The van der Waals surface area contributed by atoms with Crippen LogP contribution >= 0.6 is 0 Å². The maximum atomic E-state index is 10.6. The molecule has 6 nitrogen and oxygen atoms in total.